The SMILES string of the molecule is CC(C)(C)c1ccc(C(=O)O)cc1S(=O)(=O)Cc1cc(C#N)ccc1-c1ccccn1. The maximum absolute atomic E-state index is 13.5. The Morgan fingerprint density at radius 2 is 1.84 bits per heavy atom. The molecule has 1 aromatic heterocycles. The van der Waals surface area contributed by atoms with E-state index in [0.29, 0.717) is 27.9 Å². The first-order valence-electron chi connectivity index (χ1n) is 9.58. The van der Waals surface area contributed by atoms with Gasteiger partial charge < -0.3 is 5.11 Å². The summed E-state index contributed by atoms with van der Waals surface area (Å²) in [4.78, 5) is 15.8. The van der Waals surface area contributed by atoms with Crippen molar-refractivity contribution in [1.29, 1.82) is 5.26 Å². The third kappa shape index (κ3) is 4.81. The van der Waals surface area contributed by atoms with Crippen molar-refractivity contribution in [3.63, 3.8) is 0 Å². The standard InChI is InChI=1S/C24H22N2O4S/c1-24(2,3)20-10-8-17(23(27)28)13-22(20)31(29,30)15-18-12-16(14-25)7-9-19(18)21-6-4-5-11-26-21/h4-13H,15H2,1-3H3,(H,27,28). The molecule has 1 heterocycles. The van der Waals surface area contributed by atoms with E-state index in [1.807, 2.05) is 26.8 Å². The first-order chi connectivity index (χ1) is 14.5. The molecule has 0 bridgehead atoms. The van der Waals surface area contributed by atoms with Crippen molar-refractivity contribution in [2.24, 2.45) is 0 Å². The first-order valence-corrected chi connectivity index (χ1v) is 11.2. The van der Waals surface area contributed by atoms with Crippen LogP contribution in [0.5, 0.6) is 0 Å². The Bertz CT molecular complexity index is 1290. The molecule has 3 rings (SSSR count). The van der Waals surface area contributed by atoms with E-state index in [2.05, 4.69) is 4.98 Å². The van der Waals surface area contributed by atoms with Gasteiger partial charge in [0, 0.05) is 11.8 Å². The van der Waals surface area contributed by atoms with Gasteiger partial charge in [-0.3, -0.25) is 4.98 Å². The molecule has 0 saturated carbocycles. The highest BCUT2D eigenvalue weighted by Crippen LogP contribution is 2.33. The van der Waals surface area contributed by atoms with Gasteiger partial charge in [-0.2, -0.15) is 5.26 Å². The summed E-state index contributed by atoms with van der Waals surface area (Å²) in [5, 5.41) is 18.7. The molecule has 0 unspecified atom stereocenters. The highest BCUT2D eigenvalue weighted by Gasteiger charge is 2.28. The molecule has 0 aliphatic carbocycles. The molecule has 158 valence electrons. The maximum Gasteiger partial charge on any atom is 0.335 e. The molecule has 0 fully saturated rings. The number of sulfone groups is 1. The predicted molar refractivity (Wildman–Crippen MR) is 117 cm³/mol. The number of nitriles is 1. The van der Waals surface area contributed by atoms with E-state index in [-0.39, 0.29) is 16.2 Å². The molecular weight excluding hydrogens is 412 g/mol. The van der Waals surface area contributed by atoms with Crippen LogP contribution in [0, 0.1) is 11.3 Å². The van der Waals surface area contributed by atoms with Gasteiger partial charge in [0.2, 0.25) is 0 Å². The summed E-state index contributed by atoms with van der Waals surface area (Å²) in [7, 11) is -3.94. The monoisotopic (exact) mass is 434 g/mol. The molecule has 0 saturated heterocycles. The summed E-state index contributed by atoms with van der Waals surface area (Å²) in [6.07, 6.45) is 1.61. The minimum atomic E-state index is -3.94. The van der Waals surface area contributed by atoms with Crippen LogP contribution in [0.15, 0.2) is 65.7 Å². The van der Waals surface area contributed by atoms with Crippen LogP contribution in [0.4, 0.5) is 0 Å². The Morgan fingerprint density at radius 1 is 1.10 bits per heavy atom. The number of hydrogen-bond acceptors (Lipinski definition) is 5. The van der Waals surface area contributed by atoms with Crippen LogP contribution in [0.1, 0.15) is 47.8 Å². The number of benzene rings is 2. The zero-order valence-electron chi connectivity index (χ0n) is 17.5. The number of pyridine rings is 1. The van der Waals surface area contributed by atoms with E-state index >= 15 is 0 Å². The second kappa shape index (κ2) is 8.32. The Hall–Kier alpha value is -3.50. The number of hydrogen-bond donors (Lipinski definition) is 1. The molecule has 0 aliphatic rings. The number of aromatic carboxylic acids is 1. The third-order valence-corrected chi connectivity index (χ3v) is 6.59. The fourth-order valence-corrected chi connectivity index (χ4v) is 5.19. The van der Waals surface area contributed by atoms with Gasteiger partial charge in [-0.05, 0) is 52.9 Å². The molecule has 2 aromatic carbocycles. The van der Waals surface area contributed by atoms with Gasteiger partial charge in [0.1, 0.15) is 0 Å². The highest BCUT2D eigenvalue weighted by atomic mass is 32.2. The third-order valence-electron chi connectivity index (χ3n) is 4.89. The van der Waals surface area contributed by atoms with E-state index in [4.69, 9.17) is 0 Å². The summed E-state index contributed by atoms with van der Waals surface area (Å²) in [6.45, 7) is 5.62. The van der Waals surface area contributed by atoms with Crippen molar-refractivity contribution in [2.75, 3.05) is 0 Å². The number of aromatic nitrogens is 1. The van der Waals surface area contributed by atoms with Crippen LogP contribution in [0.2, 0.25) is 0 Å². The molecule has 31 heavy (non-hydrogen) atoms. The van der Waals surface area contributed by atoms with E-state index in [1.54, 1.807) is 48.7 Å². The van der Waals surface area contributed by atoms with Gasteiger partial charge in [0.15, 0.2) is 9.84 Å². The summed E-state index contributed by atoms with van der Waals surface area (Å²) in [5.74, 6) is -1.59. The smallest absolute Gasteiger partial charge is 0.335 e. The predicted octanol–water partition coefficient (Wildman–Crippen LogP) is 4.59. The van der Waals surface area contributed by atoms with E-state index < -0.39 is 21.2 Å². The van der Waals surface area contributed by atoms with Crippen LogP contribution < -0.4 is 0 Å². The number of carbonyl (C=O) groups is 1. The molecule has 0 atom stereocenters. The van der Waals surface area contributed by atoms with Crippen molar-refractivity contribution >= 4 is 15.8 Å². The Balaban J connectivity index is 2.19. The van der Waals surface area contributed by atoms with Gasteiger partial charge in [0.25, 0.3) is 0 Å². The number of carboxylic acids is 1. The minimum absolute atomic E-state index is 0.0192. The molecule has 0 radical (unpaired) electrons. The fraction of sp³-hybridized carbons (Fsp3) is 0.208. The Labute approximate surface area is 181 Å². The second-order valence-electron chi connectivity index (χ2n) is 8.22. The summed E-state index contributed by atoms with van der Waals surface area (Å²) in [6, 6.07) is 16.4. The van der Waals surface area contributed by atoms with Gasteiger partial charge in [-0.1, -0.05) is 39.0 Å². The van der Waals surface area contributed by atoms with Gasteiger partial charge in [-0.25, -0.2) is 13.2 Å². The fourth-order valence-electron chi connectivity index (χ4n) is 3.37. The Kier molecular flexibility index (Phi) is 5.96. The molecule has 6 nitrogen and oxygen atoms in total. The summed E-state index contributed by atoms with van der Waals surface area (Å²) < 4.78 is 27.1. The molecular formula is C24H22N2O4S. The van der Waals surface area contributed by atoms with Crippen molar-refractivity contribution in [2.45, 2.75) is 36.8 Å². The zero-order valence-corrected chi connectivity index (χ0v) is 18.3. The van der Waals surface area contributed by atoms with Crippen molar-refractivity contribution < 1.29 is 18.3 Å². The lowest BCUT2D eigenvalue weighted by Gasteiger charge is -2.23. The molecule has 7 heteroatoms. The van der Waals surface area contributed by atoms with Crippen molar-refractivity contribution in [1.82, 2.24) is 4.98 Å². The van der Waals surface area contributed by atoms with Crippen molar-refractivity contribution in [3.8, 4) is 17.3 Å². The molecule has 0 amide bonds. The number of rotatable bonds is 5. The van der Waals surface area contributed by atoms with Crippen molar-refractivity contribution in [3.05, 3.63) is 83.0 Å². The van der Waals surface area contributed by atoms with E-state index in [0.717, 1.165) is 0 Å². The van der Waals surface area contributed by atoms with Gasteiger partial charge in [0.05, 0.1) is 33.5 Å². The van der Waals surface area contributed by atoms with Crippen LogP contribution in [0.25, 0.3) is 11.3 Å². The van der Waals surface area contributed by atoms with Gasteiger partial charge >= 0.3 is 5.97 Å². The van der Waals surface area contributed by atoms with Gasteiger partial charge in [-0.15, -0.1) is 0 Å². The van der Waals surface area contributed by atoms with Crippen LogP contribution in [-0.2, 0) is 21.0 Å². The maximum atomic E-state index is 13.5. The lowest BCUT2D eigenvalue weighted by molar-refractivity contribution is 0.0696. The average Bonchev–Trinajstić information content (AvgIpc) is 2.73. The molecule has 1 N–H and O–H groups in total. The first kappa shape index (κ1) is 22.2. The topological polar surface area (TPSA) is 108 Å². The average molecular weight is 435 g/mol. The number of carboxylic acid groups (broad SMARTS) is 1. The summed E-state index contributed by atoms with van der Waals surface area (Å²) in [5.41, 5.74) is 1.88. The molecule has 3 aromatic rings. The van der Waals surface area contributed by atoms with Crippen LogP contribution in [-0.4, -0.2) is 24.5 Å². The van der Waals surface area contributed by atoms with Crippen LogP contribution >= 0.6 is 0 Å². The lowest BCUT2D eigenvalue weighted by Crippen LogP contribution is -2.19. The lowest BCUT2D eigenvalue weighted by atomic mass is 9.86. The highest BCUT2D eigenvalue weighted by molar-refractivity contribution is 7.90. The van der Waals surface area contributed by atoms with E-state index in [1.165, 1.54) is 12.1 Å². The second-order valence-corrected chi connectivity index (χ2v) is 10.2. The van der Waals surface area contributed by atoms with Crippen LogP contribution in [0.3, 0.4) is 0 Å². The number of nitrogens with zero attached hydrogens (tertiary/aromatic N) is 2. The largest absolute Gasteiger partial charge is 0.478 e. The molecule has 0 aliphatic heterocycles. The normalized spacial score (nSPS) is 11.7. The zero-order chi connectivity index (χ0) is 22.8. The van der Waals surface area contributed by atoms with E-state index in [9.17, 15) is 23.6 Å². The summed E-state index contributed by atoms with van der Waals surface area (Å²) >= 11 is 0. The quantitative estimate of drug-likeness (QED) is 0.629. The Morgan fingerprint density at radius 3 is 2.42 bits per heavy atom. The minimum Gasteiger partial charge on any atom is -0.478 e. The molecule has 0 spiro atoms.